The van der Waals surface area contributed by atoms with Crippen molar-refractivity contribution in [3.63, 3.8) is 0 Å². The molecule has 1 heterocycles. The second-order valence-electron chi connectivity index (χ2n) is 5.30. The summed E-state index contributed by atoms with van der Waals surface area (Å²) in [5, 5.41) is 3.69. The fraction of sp³-hybridized carbons (Fsp3) is 0.400. The third-order valence-corrected chi connectivity index (χ3v) is 5.30. The van der Waals surface area contributed by atoms with Gasteiger partial charge in [-0.05, 0) is 32.9 Å². The molecule has 7 heteroatoms. The van der Waals surface area contributed by atoms with Gasteiger partial charge in [-0.2, -0.15) is 0 Å². The summed E-state index contributed by atoms with van der Waals surface area (Å²) in [6.45, 7) is 5.46. The number of para-hydroxylation sites is 1. The molecule has 6 nitrogen and oxygen atoms in total. The first kappa shape index (κ1) is 16.5. The highest BCUT2D eigenvalue weighted by Crippen LogP contribution is 2.19. The second kappa shape index (κ2) is 6.50. The molecular weight excluding hydrogens is 302 g/mol. The zero-order chi connectivity index (χ0) is 16.3. The van der Waals surface area contributed by atoms with E-state index in [2.05, 4.69) is 9.88 Å². The third kappa shape index (κ3) is 3.48. The quantitative estimate of drug-likeness (QED) is 0.881. The van der Waals surface area contributed by atoms with Crippen LogP contribution in [0.15, 0.2) is 39.8 Å². The van der Waals surface area contributed by atoms with Crippen LogP contribution in [0.5, 0.6) is 0 Å². The lowest BCUT2D eigenvalue weighted by Crippen LogP contribution is -2.40. The van der Waals surface area contributed by atoms with E-state index in [1.165, 1.54) is 0 Å². The Balaban J connectivity index is 2.06. The molecule has 0 fully saturated rings. The zero-order valence-corrected chi connectivity index (χ0v) is 14.0. The highest BCUT2D eigenvalue weighted by Gasteiger charge is 2.24. The summed E-state index contributed by atoms with van der Waals surface area (Å²) in [4.78, 5) is 2.15. The molecule has 0 spiro atoms. The Morgan fingerprint density at radius 2 is 1.91 bits per heavy atom. The molecule has 0 unspecified atom stereocenters. The molecule has 0 radical (unpaired) electrons. The predicted molar refractivity (Wildman–Crippen MR) is 85.5 cm³/mol. The number of aromatic nitrogens is 1. The van der Waals surface area contributed by atoms with Crippen LogP contribution in [-0.4, -0.2) is 33.2 Å². The molecule has 1 aromatic heterocycles. The van der Waals surface area contributed by atoms with Gasteiger partial charge in [0, 0.05) is 25.3 Å². The Kier molecular flexibility index (Phi) is 4.87. The molecule has 0 saturated heterocycles. The van der Waals surface area contributed by atoms with Crippen molar-refractivity contribution in [2.24, 2.45) is 0 Å². The maximum absolute atomic E-state index is 12.4. The predicted octanol–water partition coefficient (Wildman–Crippen LogP) is 2.09. The molecule has 0 aliphatic heterocycles. The smallest absolute Gasteiger partial charge is 0.246 e. The van der Waals surface area contributed by atoms with Crippen molar-refractivity contribution in [3.8, 4) is 0 Å². The van der Waals surface area contributed by atoms with Crippen LogP contribution < -0.4 is 9.62 Å². The van der Waals surface area contributed by atoms with Gasteiger partial charge in [0.05, 0.1) is 0 Å². The highest BCUT2D eigenvalue weighted by atomic mass is 32.2. The number of nitrogens with one attached hydrogen (secondary N) is 1. The van der Waals surface area contributed by atoms with Gasteiger partial charge >= 0.3 is 0 Å². The van der Waals surface area contributed by atoms with Gasteiger partial charge in [-0.3, -0.25) is 0 Å². The fourth-order valence-corrected chi connectivity index (χ4v) is 3.66. The monoisotopic (exact) mass is 323 g/mol. The molecule has 2 aromatic rings. The standard InChI is InChI=1S/C15H21N3O3S/c1-11(18(4)14-8-6-5-7-9-14)10-16-22(19,20)15-12(2)17-21-13(15)3/h5-9,11,16H,10H2,1-4H3/t11-/m0/s1. The van der Waals surface area contributed by atoms with Gasteiger partial charge in [0.1, 0.15) is 10.6 Å². The van der Waals surface area contributed by atoms with Gasteiger partial charge in [0.15, 0.2) is 5.76 Å². The summed E-state index contributed by atoms with van der Waals surface area (Å²) in [6, 6.07) is 9.82. The average molecular weight is 323 g/mol. The number of hydrogen-bond acceptors (Lipinski definition) is 5. The van der Waals surface area contributed by atoms with E-state index in [1.54, 1.807) is 13.8 Å². The van der Waals surface area contributed by atoms with Crippen LogP contribution in [-0.2, 0) is 10.0 Å². The van der Waals surface area contributed by atoms with E-state index in [4.69, 9.17) is 4.52 Å². The molecule has 1 atom stereocenters. The van der Waals surface area contributed by atoms with Crippen molar-refractivity contribution in [1.29, 1.82) is 0 Å². The van der Waals surface area contributed by atoms with E-state index < -0.39 is 10.0 Å². The molecule has 0 aliphatic rings. The molecule has 1 N–H and O–H groups in total. The Labute approximate surface area is 131 Å². The number of anilines is 1. The van der Waals surface area contributed by atoms with E-state index in [9.17, 15) is 8.42 Å². The lowest BCUT2D eigenvalue weighted by Gasteiger charge is -2.27. The minimum Gasteiger partial charge on any atom is -0.371 e. The fourth-order valence-electron chi connectivity index (χ4n) is 2.22. The maximum atomic E-state index is 12.4. The summed E-state index contributed by atoms with van der Waals surface area (Å²) in [5.41, 5.74) is 1.40. The van der Waals surface area contributed by atoms with Crippen LogP contribution in [0, 0.1) is 13.8 Å². The lowest BCUT2D eigenvalue weighted by molar-refractivity contribution is 0.390. The van der Waals surface area contributed by atoms with Crippen LogP contribution in [0.1, 0.15) is 18.4 Å². The number of hydrogen-bond donors (Lipinski definition) is 1. The van der Waals surface area contributed by atoms with Crippen molar-refractivity contribution in [3.05, 3.63) is 41.8 Å². The van der Waals surface area contributed by atoms with Gasteiger partial charge in [-0.1, -0.05) is 23.4 Å². The molecule has 0 aliphatic carbocycles. The average Bonchev–Trinajstić information content (AvgIpc) is 2.84. The molecular formula is C15H21N3O3S. The SMILES string of the molecule is Cc1noc(C)c1S(=O)(=O)NC[C@H](C)N(C)c1ccccc1. The summed E-state index contributed by atoms with van der Waals surface area (Å²) >= 11 is 0. The van der Waals surface area contributed by atoms with Crippen LogP contribution >= 0.6 is 0 Å². The molecule has 1 aromatic carbocycles. The maximum Gasteiger partial charge on any atom is 0.246 e. The first-order valence-corrected chi connectivity index (χ1v) is 8.51. The second-order valence-corrected chi connectivity index (χ2v) is 7.00. The minimum atomic E-state index is -3.62. The number of likely N-dealkylation sites (N-methyl/N-ethyl adjacent to an activating group) is 1. The van der Waals surface area contributed by atoms with Gasteiger partial charge in [-0.25, -0.2) is 13.1 Å². The van der Waals surface area contributed by atoms with E-state index in [1.807, 2.05) is 49.2 Å². The summed E-state index contributed by atoms with van der Waals surface area (Å²) < 4.78 is 32.3. The topological polar surface area (TPSA) is 75.4 Å². The normalized spacial score (nSPS) is 13.1. The number of rotatable bonds is 6. The van der Waals surface area contributed by atoms with Gasteiger partial charge in [0.2, 0.25) is 10.0 Å². The van der Waals surface area contributed by atoms with Crippen molar-refractivity contribution in [2.45, 2.75) is 31.7 Å². The molecule has 0 amide bonds. The minimum absolute atomic E-state index is 0.00218. The molecule has 120 valence electrons. The van der Waals surface area contributed by atoms with E-state index in [0.717, 1.165) is 5.69 Å². The zero-order valence-electron chi connectivity index (χ0n) is 13.2. The van der Waals surface area contributed by atoms with E-state index in [-0.39, 0.29) is 17.5 Å². The van der Waals surface area contributed by atoms with Crippen molar-refractivity contribution >= 4 is 15.7 Å². The molecule has 2 rings (SSSR count). The Morgan fingerprint density at radius 1 is 1.27 bits per heavy atom. The Morgan fingerprint density at radius 3 is 2.45 bits per heavy atom. The van der Waals surface area contributed by atoms with Crippen LogP contribution in [0.4, 0.5) is 5.69 Å². The summed E-state index contributed by atoms with van der Waals surface area (Å²) in [7, 11) is -1.69. The van der Waals surface area contributed by atoms with Crippen LogP contribution in [0.25, 0.3) is 0 Å². The third-order valence-electron chi connectivity index (χ3n) is 3.63. The molecule has 0 saturated carbocycles. The largest absolute Gasteiger partial charge is 0.371 e. The van der Waals surface area contributed by atoms with Crippen molar-refractivity contribution < 1.29 is 12.9 Å². The Hall–Kier alpha value is -1.86. The number of benzene rings is 1. The van der Waals surface area contributed by atoms with Gasteiger partial charge < -0.3 is 9.42 Å². The van der Waals surface area contributed by atoms with Gasteiger partial charge in [0.25, 0.3) is 0 Å². The summed E-state index contributed by atoms with van der Waals surface area (Å²) in [5.74, 6) is 0.300. The first-order chi connectivity index (χ1) is 10.3. The first-order valence-electron chi connectivity index (χ1n) is 7.03. The number of nitrogens with zero attached hydrogens (tertiary/aromatic N) is 2. The number of aryl methyl sites for hydroxylation is 2. The van der Waals surface area contributed by atoms with Crippen LogP contribution in [0.2, 0.25) is 0 Å². The van der Waals surface area contributed by atoms with Crippen molar-refractivity contribution in [2.75, 3.05) is 18.5 Å². The van der Waals surface area contributed by atoms with Crippen LogP contribution in [0.3, 0.4) is 0 Å². The van der Waals surface area contributed by atoms with E-state index >= 15 is 0 Å². The summed E-state index contributed by atoms with van der Waals surface area (Å²) in [6.07, 6.45) is 0. The van der Waals surface area contributed by atoms with Crippen molar-refractivity contribution in [1.82, 2.24) is 9.88 Å². The number of sulfonamides is 1. The van der Waals surface area contributed by atoms with E-state index in [0.29, 0.717) is 11.5 Å². The lowest BCUT2D eigenvalue weighted by atomic mass is 10.2. The highest BCUT2D eigenvalue weighted by molar-refractivity contribution is 7.89. The molecule has 22 heavy (non-hydrogen) atoms. The molecule has 0 bridgehead atoms. The Bertz CT molecular complexity index is 706. The van der Waals surface area contributed by atoms with Gasteiger partial charge in [-0.15, -0.1) is 0 Å².